The van der Waals surface area contributed by atoms with E-state index < -0.39 is 0 Å². The van der Waals surface area contributed by atoms with Gasteiger partial charge in [-0.3, -0.25) is 4.98 Å². The van der Waals surface area contributed by atoms with E-state index in [2.05, 4.69) is 109 Å². The van der Waals surface area contributed by atoms with Gasteiger partial charge in [-0.15, -0.1) is 13.2 Å². The van der Waals surface area contributed by atoms with Crippen molar-refractivity contribution in [1.82, 2.24) is 4.98 Å². The van der Waals surface area contributed by atoms with Gasteiger partial charge in [0, 0.05) is 35.9 Å². The Labute approximate surface area is 237 Å². The number of pyridine rings is 1. The topological polar surface area (TPSA) is 22.1 Å². The molecule has 0 radical (unpaired) electrons. The number of aromatic nitrogens is 1. The number of hydrogen-bond acceptors (Lipinski definition) is 2. The number of ether oxygens (including phenoxy) is 1. The van der Waals surface area contributed by atoms with Gasteiger partial charge < -0.3 is 9.22 Å². The van der Waals surface area contributed by atoms with Crippen LogP contribution >= 0.6 is 0 Å². The first-order chi connectivity index (χ1) is 19.7. The number of quaternary nitrogens is 1. The van der Waals surface area contributed by atoms with Crippen LogP contribution in [-0.2, 0) is 11.3 Å². The van der Waals surface area contributed by atoms with Crippen LogP contribution in [0, 0.1) is 11.8 Å². The first-order valence-corrected chi connectivity index (χ1v) is 14.6. The minimum absolute atomic E-state index is 0.0410. The second-order valence-electron chi connectivity index (χ2n) is 11.8. The van der Waals surface area contributed by atoms with E-state index in [1.165, 1.54) is 44.5 Å². The fourth-order valence-electron chi connectivity index (χ4n) is 7.90. The molecule has 0 saturated carbocycles. The lowest BCUT2D eigenvalue weighted by Crippen LogP contribution is -2.67. The Morgan fingerprint density at radius 1 is 0.900 bits per heavy atom. The van der Waals surface area contributed by atoms with Gasteiger partial charge in [0.15, 0.2) is 0 Å². The van der Waals surface area contributed by atoms with Crippen molar-refractivity contribution in [3.8, 4) is 0 Å². The largest absolute Gasteiger partial charge is 0.363 e. The van der Waals surface area contributed by atoms with Crippen molar-refractivity contribution in [2.75, 3.05) is 19.7 Å². The van der Waals surface area contributed by atoms with E-state index in [1.54, 1.807) is 0 Å². The van der Waals surface area contributed by atoms with Crippen LogP contribution in [0.5, 0.6) is 0 Å². The van der Waals surface area contributed by atoms with E-state index in [0.29, 0.717) is 24.5 Å². The molecule has 0 spiro atoms. The van der Waals surface area contributed by atoms with Crippen LogP contribution in [0.4, 0.5) is 0 Å². The van der Waals surface area contributed by atoms with Crippen LogP contribution < -0.4 is 0 Å². The molecular formula is C37H37N2O+. The molecule has 1 aromatic heterocycles. The highest BCUT2D eigenvalue weighted by atomic mass is 16.5. The fourth-order valence-corrected chi connectivity index (χ4v) is 7.90. The van der Waals surface area contributed by atoms with Crippen molar-refractivity contribution in [1.29, 1.82) is 0 Å². The van der Waals surface area contributed by atoms with E-state index >= 15 is 0 Å². The third kappa shape index (κ3) is 4.16. The lowest BCUT2D eigenvalue weighted by Gasteiger charge is -2.58. The van der Waals surface area contributed by atoms with E-state index in [9.17, 15) is 0 Å². The summed E-state index contributed by atoms with van der Waals surface area (Å²) in [7, 11) is 0. The minimum atomic E-state index is -0.0410. The zero-order chi connectivity index (χ0) is 27.1. The highest BCUT2D eigenvalue weighted by Gasteiger charge is 2.54. The van der Waals surface area contributed by atoms with Crippen LogP contribution in [0.3, 0.4) is 0 Å². The number of fused-ring (bicyclic) bond motifs is 6. The molecule has 3 nitrogen and oxygen atoms in total. The Morgan fingerprint density at radius 3 is 2.33 bits per heavy atom. The lowest BCUT2D eigenvalue weighted by molar-refractivity contribution is -0.984. The van der Waals surface area contributed by atoms with Gasteiger partial charge in [0.2, 0.25) is 0 Å². The molecule has 4 heterocycles. The van der Waals surface area contributed by atoms with Gasteiger partial charge in [0.25, 0.3) is 0 Å². The zero-order valence-corrected chi connectivity index (χ0v) is 23.1. The summed E-state index contributed by atoms with van der Waals surface area (Å²) in [6.45, 7) is 12.1. The van der Waals surface area contributed by atoms with Crippen LogP contribution in [0.1, 0.15) is 30.1 Å². The van der Waals surface area contributed by atoms with Gasteiger partial charge in [-0.05, 0) is 51.2 Å². The predicted octanol–water partition coefficient (Wildman–Crippen LogP) is 8.40. The SMILES string of the molecule is C=CCO[C@H](c1ccnc2ccccc12)[C@@H]1CC2CC[N+]1(Cc1c3ccccc3cc3ccccc13)CC2C=C. The maximum Gasteiger partial charge on any atom is 0.135 e. The van der Waals surface area contributed by atoms with E-state index in [-0.39, 0.29) is 6.10 Å². The molecule has 0 amide bonds. The van der Waals surface area contributed by atoms with Crippen molar-refractivity contribution in [3.63, 3.8) is 0 Å². The number of hydrogen-bond donors (Lipinski definition) is 0. The minimum Gasteiger partial charge on any atom is -0.363 e. The molecule has 8 rings (SSSR count). The Bertz CT molecular complexity index is 1670. The molecule has 2 bridgehead atoms. The van der Waals surface area contributed by atoms with Gasteiger partial charge in [-0.25, -0.2) is 0 Å². The second kappa shape index (κ2) is 10.3. The zero-order valence-electron chi connectivity index (χ0n) is 23.1. The molecule has 3 aliphatic rings. The fraction of sp³-hybridized carbons (Fsp3) is 0.270. The average molecular weight is 526 g/mol. The van der Waals surface area contributed by atoms with Crippen LogP contribution in [-0.4, -0.2) is 35.2 Å². The predicted molar refractivity (Wildman–Crippen MR) is 166 cm³/mol. The molecule has 3 aliphatic heterocycles. The maximum absolute atomic E-state index is 6.80. The molecule has 40 heavy (non-hydrogen) atoms. The van der Waals surface area contributed by atoms with Crippen molar-refractivity contribution in [2.45, 2.75) is 31.5 Å². The highest BCUT2D eigenvalue weighted by Crippen LogP contribution is 2.50. The molecule has 3 unspecified atom stereocenters. The van der Waals surface area contributed by atoms with Crippen LogP contribution in [0.2, 0.25) is 0 Å². The van der Waals surface area contributed by atoms with Gasteiger partial charge in [0.05, 0.1) is 25.2 Å². The first-order valence-electron chi connectivity index (χ1n) is 14.6. The van der Waals surface area contributed by atoms with Gasteiger partial charge in [-0.1, -0.05) is 78.9 Å². The van der Waals surface area contributed by atoms with Crippen molar-refractivity contribution >= 4 is 32.4 Å². The molecule has 5 atom stereocenters. The molecule has 0 aliphatic carbocycles. The average Bonchev–Trinajstić information content (AvgIpc) is 3.01. The molecule has 4 aromatic carbocycles. The van der Waals surface area contributed by atoms with Crippen molar-refractivity contribution < 1.29 is 9.22 Å². The summed E-state index contributed by atoms with van der Waals surface area (Å²) in [5.41, 5.74) is 3.74. The molecule has 0 N–H and O–H groups in total. The quantitative estimate of drug-likeness (QED) is 0.115. The smallest absolute Gasteiger partial charge is 0.135 e. The Hall–Kier alpha value is -3.79. The third-order valence-corrected chi connectivity index (χ3v) is 9.76. The standard InChI is InChI=1S/C37H37N2O/c1-3-21-40-37(33-17-19-38-35-16-10-9-15-32(33)35)36-23-27-18-20-39(36,24-26(27)4-2)25-34-30-13-7-5-11-28(30)22-29-12-6-8-14-31(29)34/h3-17,19,22,26-27,36-37H,1-2,18,20-21,23-25H2/q+1/t26?,27?,36-,37+,39?/m0/s1. The summed E-state index contributed by atoms with van der Waals surface area (Å²) in [6.07, 6.45) is 8.41. The summed E-state index contributed by atoms with van der Waals surface area (Å²) in [4.78, 5) is 4.68. The summed E-state index contributed by atoms with van der Waals surface area (Å²) in [5, 5.41) is 6.56. The van der Waals surface area contributed by atoms with Crippen LogP contribution in [0.25, 0.3) is 32.4 Å². The van der Waals surface area contributed by atoms with E-state index in [1.807, 2.05) is 12.3 Å². The summed E-state index contributed by atoms with van der Waals surface area (Å²) in [5.74, 6) is 1.18. The van der Waals surface area contributed by atoms with Gasteiger partial charge >= 0.3 is 0 Å². The number of para-hydroxylation sites is 1. The number of benzene rings is 4. The molecule has 3 fully saturated rings. The van der Waals surface area contributed by atoms with Crippen LogP contribution in [0.15, 0.2) is 116 Å². The van der Waals surface area contributed by atoms with E-state index in [4.69, 9.17) is 4.74 Å². The third-order valence-electron chi connectivity index (χ3n) is 9.76. The van der Waals surface area contributed by atoms with Crippen molar-refractivity contribution in [3.05, 3.63) is 128 Å². The summed E-state index contributed by atoms with van der Waals surface area (Å²) >= 11 is 0. The Kier molecular flexibility index (Phi) is 6.50. The molecule has 200 valence electrons. The molecule has 5 aromatic rings. The van der Waals surface area contributed by atoms with Gasteiger partial charge in [-0.2, -0.15) is 0 Å². The summed E-state index contributed by atoms with van der Waals surface area (Å²) < 4.78 is 7.81. The maximum atomic E-state index is 6.80. The van der Waals surface area contributed by atoms with Gasteiger partial charge in [0.1, 0.15) is 18.7 Å². The molecule has 3 saturated heterocycles. The molecular weight excluding hydrogens is 488 g/mol. The number of rotatable bonds is 8. The first kappa shape index (κ1) is 25.2. The van der Waals surface area contributed by atoms with Crippen molar-refractivity contribution in [2.24, 2.45) is 11.8 Å². The van der Waals surface area contributed by atoms with E-state index in [0.717, 1.165) is 36.1 Å². The second-order valence-corrected chi connectivity index (χ2v) is 11.8. The normalized spacial score (nSPS) is 24.9. The molecule has 3 heteroatoms. The number of piperidine rings is 3. The lowest BCUT2D eigenvalue weighted by atomic mass is 9.70. The highest BCUT2D eigenvalue weighted by molar-refractivity contribution is 6.02. The summed E-state index contributed by atoms with van der Waals surface area (Å²) in [6, 6.07) is 31.2. The number of nitrogens with zero attached hydrogens (tertiary/aromatic N) is 2. The monoisotopic (exact) mass is 525 g/mol. The Morgan fingerprint density at radius 2 is 1.60 bits per heavy atom. The Balaban J connectivity index is 1.41.